The molecule has 4 saturated carbocycles. The van der Waals surface area contributed by atoms with Gasteiger partial charge < -0.3 is 91.1 Å². The number of ketones is 1. The molecule has 3 amide bonds. The van der Waals surface area contributed by atoms with E-state index in [1.165, 1.54) is 0 Å². The van der Waals surface area contributed by atoms with Crippen molar-refractivity contribution in [2.75, 3.05) is 0 Å². The van der Waals surface area contributed by atoms with Gasteiger partial charge in [-0.1, -0.05) is 54.0 Å². The molecule has 476 valence electrons. The van der Waals surface area contributed by atoms with E-state index in [1.807, 2.05) is 19.2 Å². The van der Waals surface area contributed by atoms with Crippen LogP contribution in [0, 0.1) is 50.2 Å². The van der Waals surface area contributed by atoms with Crippen molar-refractivity contribution in [1.82, 2.24) is 16.0 Å². The summed E-state index contributed by atoms with van der Waals surface area (Å²) in [5.74, 6) is -13.1. The number of carbonyl (C=O) groups excluding carboxylic acids is 4. The highest BCUT2D eigenvalue weighted by molar-refractivity contribution is 5.96. The fourth-order valence-electron chi connectivity index (χ4n) is 15.8. The van der Waals surface area contributed by atoms with Gasteiger partial charge in [-0.25, -0.2) is 14.4 Å². The van der Waals surface area contributed by atoms with E-state index in [0.29, 0.717) is 38.5 Å². The molecule has 85 heavy (non-hydrogen) atoms. The van der Waals surface area contributed by atoms with Crippen molar-refractivity contribution < 1.29 is 123 Å². The van der Waals surface area contributed by atoms with Crippen LogP contribution in [0.2, 0.25) is 0 Å². The zero-order chi connectivity index (χ0) is 63.4. The molecule has 2 aliphatic heterocycles. The van der Waals surface area contributed by atoms with Crippen molar-refractivity contribution in [3.8, 4) is 0 Å². The van der Waals surface area contributed by atoms with Gasteiger partial charge in [0.05, 0.1) is 6.10 Å². The predicted octanol–water partition coefficient (Wildman–Crippen LogP) is 0.294. The largest absolute Gasteiger partial charge is 0.481 e. The summed E-state index contributed by atoms with van der Waals surface area (Å²) in [4.78, 5) is 127. The summed E-state index contributed by atoms with van der Waals surface area (Å²) >= 11 is 0. The Morgan fingerprint density at radius 2 is 1.06 bits per heavy atom. The molecule has 0 aromatic heterocycles. The van der Waals surface area contributed by atoms with Crippen LogP contribution in [0.25, 0.3) is 0 Å². The fraction of sp³-hybridized carbons (Fsp3) is 0.789. The van der Waals surface area contributed by atoms with E-state index in [1.54, 1.807) is 13.0 Å². The van der Waals surface area contributed by atoms with Gasteiger partial charge in [0.1, 0.15) is 54.7 Å². The maximum absolute atomic E-state index is 15.4. The molecule has 7 unspecified atom stereocenters. The van der Waals surface area contributed by atoms with E-state index in [0.717, 1.165) is 18.4 Å². The highest BCUT2D eigenvalue weighted by Gasteiger charge is 2.71. The quantitative estimate of drug-likeness (QED) is 0.0648. The molecule has 0 bridgehead atoms. The molecule has 0 radical (unpaired) electrons. The van der Waals surface area contributed by atoms with E-state index >= 15 is 4.79 Å². The zero-order valence-corrected chi connectivity index (χ0v) is 48.6. The second kappa shape index (κ2) is 24.8. The van der Waals surface area contributed by atoms with Crippen LogP contribution < -0.4 is 16.0 Å². The van der Waals surface area contributed by atoms with Gasteiger partial charge in [0.25, 0.3) is 11.8 Å². The van der Waals surface area contributed by atoms with E-state index in [9.17, 15) is 94.2 Å². The summed E-state index contributed by atoms with van der Waals surface area (Å²) in [6.07, 6.45) is -20.2. The number of hydrogen-bond acceptors (Lipinski definition) is 19. The van der Waals surface area contributed by atoms with Crippen molar-refractivity contribution in [2.45, 2.75) is 230 Å². The van der Waals surface area contributed by atoms with E-state index in [2.05, 4.69) is 38.3 Å². The topological polar surface area (TPSA) is 466 Å². The number of allylic oxidation sites excluding steroid dienone is 2. The Balaban J connectivity index is 1.18. The normalized spacial score (nSPS) is 40.4. The Hall–Kier alpha value is -5.72. The summed E-state index contributed by atoms with van der Waals surface area (Å²) in [5.41, 5.74) is -3.28. The molecule has 6 fully saturated rings. The zero-order valence-electron chi connectivity index (χ0n) is 48.6. The molecule has 14 N–H and O–H groups in total. The average molecular weight is 1210 g/mol. The second-order valence-corrected chi connectivity index (χ2v) is 26.6. The van der Waals surface area contributed by atoms with Gasteiger partial charge in [0.15, 0.2) is 30.6 Å². The fourth-order valence-corrected chi connectivity index (χ4v) is 15.8. The number of hydrogen-bond donors (Lipinski definition) is 14. The maximum Gasteiger partial charge on any atom is 0.326 e. The Morgan fingerprint density at radius 3 is 1.56 bits per heavy atom. The number of aliphatic carboxylic acids is 6. The Bertz CT molecular complexity index is 2690. The number of carbonyl (C=O) groups is 10. The Kier molecular flexibility index (Phi) is 19.5. The Labute approximate surface area is 489 Å². The molecule has 0 aromatic carbocycles. The molecular weight excluding hydrogens is 1130 g/mol. The van der Waals surface area contributed by atoms with Gasteiger partial charge >= 0.3 is 35.8 Å². The number of aliphatic hydroxyl groups is 5. The first-order valence-electron chi connectivity index (χ1n) is 28.9. The minimum absolute atomic E-state index is 0.0972. The van der Waals surface area contributed by atoms with Crippen LogP contribution in [0.4, 0.5) is 0 Å². The smallest absolute Gasteiger partial charge is 0.326 e. The lowest BCUT2D eigenvalue weighted by Crippen LogP contribution is -2.69. The molecule has 28 nitrogen and oxygen atoms in total. The minimum Gasteiger partial charge on any atom is -0.481 e. The van der Waals surface area contributed by atoms with Gasteiger partial charge in [-0.05, 0) is 122 Å². The molecule has 22 atom stereocenters. The number of carboxylic acids is 6. The number of rotatable bonds is 22. The first-order chi connectivity index (χ1) is 39.4. The standard InChI is InChI=1S/C57H83N3O25/c1-52(2)30-14-17-57(7)43(29(61)22-24-25-23-54(4,19-18-53(25,3)20-21-56(24,57)6)51(81)60-28(48(79)80)10-13-34(66)67)55(30,5)16-15-31(52)82-50-42(38(71)37(70)41(84-50)45(74)59-27(47(77)78)9-12-33(64)65)85-49-39(72)35(68)36(69)40(83-49)44(73)58-26(46(75)76)8-11-32(62)63/h22,25-28,30-31,35-43,49-50,68-72H,8-21,23H2,1-7H3,(H,58,73)(H,59,74)(H,60,81)(H,62,63)(H,64,65)(H,66,67)(H,75,76)(H,77,78)(H,79,80)/t25?,26?,27?,28?,30?,31?,35-,36-,37-,38-,39+,40-,41-,42+,43?,49-,50+,53+,54-,55-,56+,57+/m0/s1. The molecule has 5 aliphatic carbocycles. The number of fused-ring (bicyclic) bond motifs is 7. The van der Waals surface area contributed by atoms with E-state index in [-0.39, 0.29) is 35.9 Å². The first-order valence-corrected chi connectivity index (χ1v) is 28.9. The maximum atomic E-state index is 15.4. The summed E-state index contributed by atoms with van der Waals surface area (Å²) < 4.78 is 24.5. The molecule has 0 aromatic rings. The number of ether oxygens (including phenoxy) is 4. The van der Waals surface area contributed by atoms with Crippen LogP contribution in [0.15, 0.2) is 11.6 Å². The van der Waals surface area contributed by atoms with Crippen LogP contribution in [0.5, 0.6) is 0 Å². The molecule has 7 rings (SSSR count). The van der Waals surface area contributed by atoms with Gasteiger partial charge in [-0.15, -0.1) is 0 Å². The second-order valence-electron chi connectivity index (χ2n) is 26.6. The Morgan fingerprint density at radius 1 is 0.576 bits per heavy atom. The number of aliphatic hydroxyl groups excluding tert-OH is 5. The minimum atomic E-state index is -2.31. The number of carboxylic acid groups (broad SMARTS) is 6. The lowest BCUT2D eigenvalue weighted by Gasteiger charge is -2.70. The van der Waals surface area contributed by atoms with Crippen molar-refractivity contribution in [3.63, 3.8) is 0 Å². The molecule has 28 heteroatoms. The summed E-state index contributed by atoms with van der Waals surface area (Å²) in [6, 6.07) is -5.09. The molecule has 2 saturated heterocycles. The van der Waals surface area contributed by atoms with Crippen molar-refractivity contribution in [1.29, 1.82) is 0 Å². The highest BCUT2D eigenvalue weighted by Crippen LogP contribution is 2.75. The highest BCUT2D eigenvalue weighted by atomic mass is 16.8. The summed E-state index contributed by atoms with van der Waals surface area (Å²) in [5, 5.41) is 120. The van der Waals surface area contributed by atoms with Crippen molar-refractivity contribution in [2.24, 2.45) is 50.2 Å². The lowest BCUT2D eigenvalue weighted by molar-refractivity contribution is -0.369. The first kappa shape index (κ1) is 66.8. The van der Waals surface area contributed by atoms with Crippen LogP contribution in [0.1, 0.15) is 145 Å². The monoisotopic (exact) mass is 1210 g/mol. The summed E-state index contributed by atoms with van der Waals surface area (Å²) in [7, 11) is 0. The van der Waals surface area contributed by atoms with Crippen molar-refractivity contribution >= 4 is 59.3 Å². The average Bonchev–Trinajstić information content (AvgIpc) is 0.686. The number of nitrogens with one attached hydrogen (secondary N) is 3. The third-order valence-corrected chi connectivity index (χ3v) is 21.1. The molecule has 2 heterocycles. The van der Waals surface area contributed by atoms with Crippen molar-refractivity contribution in [3.05, 3.63) is 11.6 Å². The molecule has 0 spiro atoms. The van der Waals surface area contributed by atoms with Gasteiger partial charge in [0.2, 0.25) is 5.91 Å². The SMILES string of the molecule is CC1(C)C(O[C@@H]2O[C@H](C(=O)NC(CCC(=O)O)C(=O)O)[C@@H](O)[C@H](O)[C@H]2O[C@@H]2O[C@H](C(=O)NC(CCC(=O)O)C(=O)O)[C@@H](O)[C@H](O)[C@H]2O)CC[C@@]2(C)C1CC[C@]1(C)C2C(=O)C=C2C3C[C@@](C)(C(=O)NC(CCC(=O)O)C(=O)O)CC[C@]3(C)CC[C@]21C. The van der Waals surface area contributed by atoms with Gasteiger partial charge in [-0.3, -0.25) is 33.6 Å². The van der Waals surface area contributed by atoms with Crippen LogP contribution in [-0.4, -0.2) is 201 Å². The van der Waals surface area contributed by atoms with Gasteiger partial charge in [-0.2, -0.15) is 0 Å². The third-order valence-electron chi connectivity index (χ3n) is 21.1. The van der Waals surface area contributed by atoms with Crippen LogP contribution in [0.3, 0.4) is 0 Å². The van der Waals surface area contributed by atoms with Crippen LogP contribution in [-0.2, 0) is 66.9 Å². The van der Waals surface area contributed by atoms with E-state index in [4.69, 9.17) is 24.1 Å². The molecular formula is C57H83N3O25. The number of amides is 3. The summed E-state index contributed by atoms with van der Waals surface area (Å²) in [6.45, 7) is 14.2. The third kappa shape index (κ3) is 12.7. The van der Waals surface area contributed by atoms with Gasteiger partial charge in [0, 0.05) is 30.6 Å². The predicted molar refractivity (Wildman–Crippen MR) is 286 cm³/mol. The van der Waals surface area contributed by atoms with E-state index < -0.39 is 204 Å². The molecule has 7 aliphatic rings. The van der Waals surface area contributed by atoms with Crippen LogP contribution >= 0.6 is 0 Å². The lowest BCUT2D eigenvalue weighted by atomic mass is 9.33.